The number of imide groups is 1. The summed E-state index contributed by atoms with van der Waals surface area (Å²) < 4.78 is 0. The average molecular weight is 474 g/mol. The lowest BCUT2D eigenvalue weighted by molar-refractivity contribution is -0.148. The van der Waals surface area contributed by atoms with Crippen LogP contribution in [0.3, 0.4) is 0 Å². The second kappa shape index (κ2) is 8.22. The fourth-order valence-corrected chi connectivity index (χ4v) is 4.37. The van der Waals surface area contributed by atoms with Crippen molar-refractivity contribution < 1.29 is 19.2 Å². The maximum Gasteiger partial charge on any atom is 0.255 e. The Morgan fingerprint density at radius 3 is 2.28 bits per heavy atom. The third-order valence-corrected chi connectivity index (χ3v) is 6.25. The van der Waals surface area contributed by atoms with E-state index in [1.807, 2.05) is 19.9 Å². The van der Waals surface area contributed by atoms with Crippen LogP contribution in [0.25, 0.3) is 0 Å². The van der Waals surface area contributed by atoms with Crippen LogP contribution in [-0.2, 0) is 20.0 Å². The second-order valence-electron chi connectivity index (χ2n) is 8.23. The first-order valence-electron chi connectivity index (χ1n) is 9.99. The standard InChI is InChI=1S/C23H21Cl2N3O4/c1-13-6-14(4-5-18(13)22(31)28-11-20(29)27(3)21(30)12-28)19-10-23(2,32-26-19)15-7-16(24)9-17(25)8-15/h4-9H,10-12H2,1-3H3. The van der Waals surface area contributed by atoms with E-state index in [1.165, 1.54) is 11.9 Å². The Kier molecular flexibility index (Phi) is 5.73. The highest BCUT2D eigenvalue weighted by atomic mass is 35.5. The molecule has 0 saturated carbocycles. The Balaban J connectivity index is 1.53. The van der Waals surface area contributed by atoms with Gasteiger partial charge in [-0.05, 0) is 55.3 Å². The molecule has 0 N–H and O–H groups in total. The van der Waals surface area contributed by atoms with Gasteiger partial charge in [0.25, 0.3) is 5.91 Å². The number of likely N-dealkylation sites (N-methyl/N-ethyl adjacent to an activating group) is 1. The molecule has 2 aliphatic heterocycles. The van der Waals surface area contributed by atoms with Crippen LogP contribution in [-0.4, -0.2) is 53.4 Å². The predicted octanol–water partition coefficient (Wildman–Crippen LogP) is 3.78. The highest BCUT2D eigenvalue weighted by molar-refractivity contribution is 6.34. The topological polar surface area (TPSA) is 79.3 Å². The van der Waals surface area contributed by atoms with Gasteiger partial charge in [0.05, 0.1) is 5.71 Å². The molecule has 0 aliphatic carbocycles. The molecule has 32 heavy (non-hydrogen) atoms. The molecule has 9 heteroatoms. The molecule has 0 bridgehead atoms. The smallest absolute Gasteiger partial charge is 0.255 e. The van der Waals surface area contributed by atoms with Gasteiger partial charge in [-0.1, -0.05) is 34.4 Å². The van der Waals surface area contributed by atoms with Gasteiger partial charge in [0.1, 0.15) is 13.1 Å². The molecule has 2 aromatic carbocycles. The van der Waals surface area contributed by atoms with Crippen molar-refractivity contribution in [1.29, 1.82) is 0 Å². The maximum atomic E-state index is 12.9. The van der Waals surface area contributed by atoms with Crippen molar-refractivity contribution in [2.75, 3.05) is 20.1 Å². The minimum Gasteiger partial charge on any atom is -0.384 e. The zero-order chi connectivity index (χ0) is 23.2. The molecule has 0 spiro atoms. The summed E-state index contributed by atoms with van der Waals surface area (Å²) in [5.41, 5.74) is 2.81. The van der Waals surface area contributed by atoms with Gasteiger partial charge in [-0.3, -0.25) is 19.3 Å². The predicted molar refractivity (Wildman–Crippen MR) is 121 cm³/mol. The number of hydrogen-bond acceptors (Lipinski definition) is 5. The number of oxime groups is 1. The van der Waals surface area contributed by atoms with E-state index in [0.29, 0.717) is 27.6 Å². The maximum absolute atomic E-state index is 12.9. The first-order valence-corrected chi connectivity index (χ1v) is 10.7. The van der Waals surface area contributed by atoms with Gasteiger partial charge in [0.15, 0.2) is 5.60 Å². The number of nitrogens with zero attached hydrogens (tertiary/aromatic N) is 3. The van der Waals surface area contributed by atoms with Crippen LogP contribution in [0.4, 0.5) is 0 Å². The minimum absolute atomic E-state index is 0.122. The van der Waals surface area contributed by atoms with Gasteiger partial charge < -0.3 is 9.74 Å². The number of piperazine rings is 1. The number of rotatable bonds is 3. The molecular weight excluding hydrogens is 453 g/mol. The molecule has 0 aromatic heterocycles. The summed E-state index contributed by atoms with van der Waals surface area (Å²) in [6, 6.07) is 10.6. The Morgan fingerprint density at radius 1 is 1.06 bits per heavy atom. The summed E-state index contributed by atoms with van der Waals surface area (Å²) in [4.78, 5) is 44.9. The highest BCUT2D eigenvalue weighted by Gasteiger charge is 2.37. The Labute approximate surface area is 195 Å². The van der Waals surface area contributed by atoms with Gasteiger partial charge >= 0.3 is 0 Å². The Bertz CT molecular complexity index is 1140. The van der Waals surface area contributed by atoms with Crippen molar-refractivity contribution in [2.45, 2.75) is 25.9 Å². The largest absolute Gasteiger partial charge is 0.384 e. The molecule has 2 aromatic rings. The third kappa shape index (κ3) is 4.10. The van der Waals surface area contributed by atoms with Crippen molar-refractivity contribution in [3.05, 3.63) is 68.7 Å². The van der Waals surface area contributed by atoms with E-state index >= 15 is 0 Å². The number of aryl methyl sites for hydroxylation is 1. The summed E-state index contributed by atoms with van der Waals surface area (Å²) in [6.45, 7) is 3.48. The number of benzene rings is 2. The molecular formula is C23H21Cl2N3O4. The average Bonchev–Trinajstić information content (AvgIpc) is 3.14. The van der Waals surface area contributed by atoms with E-state index in [9.17, 15) is 14.4 Å². The zero-order valence-corrected chi connectivity index (χ0v) is 19.3. The SMILES string of the molecule is Cc1cc(C2=NOC(C)(c3cc(Cl)cc(Cl)c3)C2)ccc1C(=O)N1CC(=O)N(C)C(=O)C1. The van der Waals surface area contributed by atoms with Gasteiger partial charge in [0, 0.05) is 34.6 Å². The van der Waals surface area contributed by atoms with Crippen LogP contribution in [0, 0.1) is 6.92 Å². The summed E-state index contributed by atoms with van der Waals surface area (Å²) in [6.07, 6.45) is 0.498. The molecule has 0 radical (unpaired) electrons. The van der Waals surface area contributed by atoms with Crippen LogP contribution in [0.5, 0.6) is 0 Å². The van der Waals surface area contributed by atoms with Gasteiger partial charge in [-0.25, -0.2) is 0 Å². The van der Waals surface area contributed by atoms with E-state index in [4.69, 9.17) is 28.0 Å². The number of carbonyl (C=O) groups is 3. The van der Waals surface area contributed by atoms with Crippen molar-refractivity contribution in [3.63, 3.8) is 0 Å². The third-order valence-electron chi connectivity index (χ3n) is 5.81. The van der Waals surface area contributed by atoms with Gasteiger partial charge in [-0.15, -0.1) is 0 Å². The van der Waals surface area contributed by atoms with Crippen LogP contribution in [0.1, 0.15) is 40.4 Å². The quantitative estimate of drug-likeness (QED) is 0.635. The summed E-state index contributed by atoms with van der Waals surface area (Å²) in [5, 5.41) is 5.31. The second-order valence-corrected chi connectivity index (χ2v) is 9.11. The van der Waals surface area contributed by atoms with Crippen molar-refractivity contribution >= 4 is 46.6 Å². The molecule has 3 amide bonds. The Hall–Kier alpha value is -2.90. The summed E-state index contributed by atoms with van der Waals surface area (Å²) in [5.74, 6) is -1.16. The molecule has 2 heterocycles. The van der Waals surface area contributed by atoms with E-state index in [0.717, 1.165) is 21.7 Å². The van der Waals surface area contributed by atoms with Crippen LogP contribution >= 0.6 is 23.2 Å². The fourth-order valence-electron chi connectivity index (χ4n) is 3.84. The summed E-state index contributed by atoms with van der Waals surface area (Å²) >= 11 is 12.3. The van der Waals surface area contributed by atoms with E-state index in [-0.39, 0.29) is 19.0 Å². The molecule has 1 fully saturated rings. The molecule has 4 rings (SSSR count). The van der Waals surface area contributed by atoms with E-state index in [1.54, 1.807) is 30.3 Å². The highest BCUT2D eigenvalue weighted by Crippen LogP contribution is 2.38. The number of hydrogen-bond donors (Lipinski definition) is 0. The number of halogens is 2. The van der Waals surface area contributed by atoms with Gasteiger partial charge in [-0.2, -0.15) is 0 Å². The van der Waals surface area contributed by atoms with Crippen LogP contribution in [0.2, 0.25) is 10.0 Å². The van der Waals surface area contributed by atoms with E-state index in [2.05, 4.69) is 5.16 Å². The molecule has 2 aliphatic rings. The van der Waals surface area contributed by atoms with E-state index < -0.39 is 17.4 Å². The van der Waals surface area contributed by atoms with Crippen molar-refractivity contribution in [1.82, 2.24) is 9.80 Å². The lowest BCUT2D eigenvalue weighted by atomic mass is 9.88. The van der Waals surface area contributed by atoms with Crippen LogP contribution < -0.4 is 0 Å². The number of amides is 3. The van der Waals surface area contributed by atoms with Crippen LogP contribution in [0.15, 0.2) is 41.6 Å². The van der Waals surface area contributed by atoms with Crippen molar-refractivity contribution in [2.24, 2.45) is 5.16 Å². The normalized spacial score (nSPS) is 21.0. The monoisotopic (exact) mass is 473 g/mol. The lowest BCUT2D eigenvalue weighted by Gasteiger charge is -2.30. The molecule has 7 nitrogen and oxygen atoms in total. The molecule has 1 saturated heterocycles. The van der Waals surface area contributed by atoms with Crippen molar-refractivity contribution in [3.8, 4) is 0 Å². The zero-order valence-electron chi connectivity index (χ0n) is 17.8. The Morgan fingerprint density at radius 2 is 1.69 bits per heavy atom. The summed E-state index contributed by atoms with van der Waals surface area (Å²) in [7, 11) is 1.42. The number of carbonyl (C=O) groups excluding carboxylic acids is 3. The first kappa shape index (κ1) is 22.3. The molecule has 166 valence electrons. The van der Waals surface area contributed by atoms with Gasteiger partial charge in [0.2, 0.25) is 11.8 Å². The molecule has 1 unspecified atom stereocenters. The fraction of sp³-hybridized carbons (Fsp3) is 0.304. The lowest BCUT2D eigenvalue weighted by Crippen LogP contribution is -2.54. The molecule has 1 atom stereocenters. The first-order chi connectivity index (χ1) is 15.1. The minimum atomic E-state index is -0.715.